The monoisotopic (exact) mass is 285 g/mol. The Hall–Kier alpha value is -1.89. The van der Waals surface area contributed by atoms with Crippen LogP contribution in [0.5, 0.6) is 0 Å². The highest BCUT2D eigenvalue weighted by molar-refractivity contribution is 6.17. The van der Waals surface area contributed by atoms with Crippen LogP contribution in [0.1, 0.15) is 13.8 Å². The molecule has 20 heavy (non-hydrogen) atoms. The third kappa shape index (κ3) is 3.57. The molecular weight excluding hydrogens is 266 g/mol. The zero-order valence-electron chi connectivity index (χ0n) is 12.0. The molecule has 112 valence electrons. The molecule has 2 atom stereocenters. The predicted octanol–water partition coefficient (Wildman–Crippen LogP) is 0.686. The molecule has 0 aliphatic carbocycles. The Balaban J connectivity index is 3.08. The number of ether oxygens (including phenoxy) is 4. The van der Waals surface area contributed by atoms with Crippen LogP contribution in [0.3, 0.4) is 0 Å². The second-order valence-corrected chi connectivity index (χ2v) is 3.84. The Labute approximate surface area is 117 Å². The van der Waals surface area contributed by atoms with Crippen molar-refractivity contribution in [2.75, 3.05) is 27.4 Å². The number of aliphatic imine (C=N–C) groups is 1. The molecule has 1 heterocycles. The number of dihydropyridines is 1. The molecular formula is C13H19NO6. The van der Waals surface area contributed by atoms with Gasteiger partial charge in [-0.05, 0) is 19.9 Å². The summed E-state index contributed by atoms with van der Waals surface area (Å²) >= 11 is 0. The van der Waals surface area contributed by atoms with Crippen LogP contribution in [0.25, 0.3) is 0 Å². The highest BCUT2D eigenvalue weighted by Gasteiger charge is 2.36. The average molecular weight is 285 g/mol. The van der Waals surface area contributed by atoms with Gasteiger partial charge < -0.3 is 18.9 Å². The van der Waals surface area contributed by atoms with Gasteiger partial charge in [-0.2, -0.15) is 0 Å². The largest absolute Gasteiger partial charge is 0.481 e. The van der Waals surface area contributed by atoms with Crippen molar-refractivity contribution in [3.63, 3.8) is 0 Å². The van der Waals surface area contributed by atoms with E-state index < -0.39 is 24.1 Å². The number of esters is 2. The number of hydrogen-bond acceptors (Lipinski definition) is 7. The number of carbonyl (C=O) groups is 2. The summed E-state index contributed by atoms with van der Waals surface area (Å²) in [6.07, 6.45) is 0.623. The maximum absolute atomic E-state index is 11.9. The molecule has 7 nitrogen and oxygen atoms in total. The van der Waals surface area contributed by atoms with Crippen LogP contribution in [0, 0.1) is 5.92 Å². The Morgan fingerprint density at radius 3 is 2.35 bits per heavy atom. The van der Waals surface area contributed by atoms with Gasteiger partial charge in [0.15, 0.2) is 6.23 Å². The quantitative estimate of drug-likeness (QED) is 0.691. The minimum Gasteiger partial charge on any atom is -0.481 e. The van der Waals surface area contributed by atoms with Crippen molar-refractivity contribution in [3.8, 4) is 0 Å². The first kappa shape index (κ1) is 16.2. The van der Waals surface area contributed by atoms with Gasteiger partial charge in [0.05, 0.1) is 20.3 Å². The van der Waals surface area contributed by atoms with Gasteiger partial charge in [0.2, 0.25) is 5.90 Å². The molecule has 0 aromatic carbocycles. The smallest absolute Gasteiger partial charge is 0.343 e. The molecule has 0 saturated carbocycles. The SMILES string of the molecule is CCOC(=O)C1=CC(C(=O)OCC)C(OC)N=C1OC. The van der Waals surface area contributed by atoms with E-state index in [9.17, 15) is 9.59 Å². The van der Waals surface area contributed by atoms with Gasteiger partial charge in [0.1, 0.15) is 11.5 Å². The molecule has 1 rings (SSSR count). The van der Waals surface area contributed by atoms with Crippen molar-refractivity contribution in [2.45, 2.75) is 20.1 Å². The van der Waals surface area contributed by atoms with Gasteiger partial charge >= 0.3 is 11.9 Å². The molecule has 0 aromatic rings. The molecule has 0 fully saturated rings. The molecule has 0 radical (unpaired) electrons. The van der Waals surface area contributed by atoms with E-state index in [0.29, 0.717) is 0 Å². The van der Waals surface area contributed by atoms with Crippen molar-refractivity contribution in [1.82, 2.24) is 0 Å². The Kier molecular flexibility index (Phi) is 6.17. The average Bonchev–Trinajstić information content (AvgIpc) is 2.46. The maximum atomic E-state index is 11.9. The fourth-order valence-electron chi connectivity index (χ4n) is 1.75. The minimum absolute atomic E-state index is 0.0795. The van der Waals surface area contributed by atoms with E-state index in [1.165, 1.54) is 20.3 Å². The van der Waals surface area contributed by atoms with Gasteiger partial charge in [-0.15, -0.1) is 0 Å². The molecule has 2 unspecified atom stereocenters. The van der Waals surface area contributed by atoms with Crippen molar-refractivity contribution < 1.29 is 28.5 Å². The Morgan fingerprint density at radius 2 is 1.85 bits per heavy atom. The molecule has 7 heteroatoms. The van der Waals surface area contributed by atoms with Crippen LogP contribution in [0.2, 0.25) is 0 Å². The Morgan fingerprint density at radius 1 is 1.20 bits per heavy atom. The van der Waals surface area contributed by atoms with E-state index in [0.717, 1.165) is 0 Å². The van der Waals surface area contributed by atoms with Crippen molar-refractivity contribution in [1.29, 1.82) is 0 Å². The third-order valence-corrected chi connectivity index (χ3v) is 2.62. The molecule has 0 N–H and O–H groups in total. The summed E-state index contributed by atoms with van der Waals surface area (Å²) in [5.74, 6) is -1.84. The first-order chi connectivity index (χ1) is 9.58. The summed E-state index contributed by atoms with van der Waals surface area (Å²) in [7, 11) is 2.79. The number of hydrogen-bond donors (Lipinski definition) is 0. The van der Waals surface area contributed by atoms with Gasteiger partial charge in [0, 0.05) is 7.11 Å². The lowest BCUT2D eigenvalue weighted by atomic mass is 10.0. The summed E-state index contributed by atoms with van der Waals surface area (Å²) in [6.45, 7) is 3.83. The first-order valence-corrected chi connectivity index (χ1v) is 6.29. The number of rotatable bonds is 5. The minimum atomic E-state index is -0.807. The summed E-state index contributed by atoms with van der Waals surface area (Å²) in [6, 6.07) is 0. The standard InChI is InChI=1S/C13H19NO6/c1-5-19-12(15)8-7-9(13(16)20-6-2)11(18-4)14-10(8)17-3/h7-8,10H,5-6H2,1-4H3. The topological polar surface area (TPSA) is 83.4 Å². The first-order valence-electron chi connectivity index (χ1n) is 6.29. The van der Waals surface area contributed by atoms with Gasteiger partial charge in [-0.1, -0.05) is 0 Å². The highest BCUT2D eigenvalue weighted by atomic mass is 16.5. The molecule has 0 saturated heterocycles. The zero-order chi connectivity index (χ0) is 15.1. The van der Waals surface area contributed by atoms with Crippen LogP contribution in [-0.2, 0) is 28.5 Å². The van der Waals surface area contributed by atoms with E-state index in [-0.39, 0.29) is 24.7 Å². The lowest BCUT2D eigenvalue weighted by Crippen LogP contribution is -2.35. The van der Waals surface area contributed by atoms with Crippen molar-refractivity contribution >= 4 is 17.8 Å². The molecule has 0 spiro atoms. The second-order valence-electron chi connectivity index (χ2n) is 3.84. The van der Waals surface area contributed by atoms with Gasteiger partial charge in [0.25, 0.3) is 0 Å². The molecule has 0 amide bonds. The van der Waals surface area contributed by atoms with Crippen LogP contribution in [0.4, 0.5) is 0 Å². The molecule has 1 aliphatic rings. The number of methoxy groups -OCH3 is 2. The predicted molar refractivity (Wildman–Crippen MR) is 70.1 cm³/mol. The zero-order valence-corrected chi connectivity index (χ0v) is 12.0. The van der Waals surface area contributed by atoms with Crippen LogP contribution < -0.4 is 0 Å². The highest BCUT2D eigenvalue weighted by Crippen LogP contribution is 2.23. The van der Waals surface area contributed by atoms with Crippen molar-refractivity contribution in [2.24, 2.45) is 10.9 Å². The van der Waals surface area contributed by atoms with Crippen LogP contribution in [0.15, 0.2) is 16.6 Å². The van der Waals surface area contributed by atoms with E-state index >= 15 is 0 Å². The van der Waals surface area contributed by atoms with E-state index in [4.69, 9.17) is 18.9 Å². The molecule has 0 bridgehead atoms. The second kappa shape index (κ2) is 7.64. The van der Waals surface area contributed by atoms with E-state index in [2.05, 4.69) is 4.99 Å². The van der Waals surface area contributed by atoms with Gasteiger partial charge in [-0.25, -0.2) is 9.79 Å². The fourth-order valence-corrected chi connectivity index (χ4v) is 1.75. The summed E-state index contributed by atoms with van der Waals surface area (Å²) < 4.78 is 20.0. The lowest BCUT2D eigenvalue weighted by Gasteiger charge is -2.24. The number of carbonyl (C=O) groups excluding carboxylic acids is 2. The van der Waals surface area contributed by atoms with E-state index in [1.807, 2.05) is 0 Å². The van der Waals surface area contributed by atoms with E-state index in [1.54, 1.807) is 13.8 Å². The summed E-state index contributed by atoms with van der Waals surface area (Å²) in [4.78, 5) is 27.8. The molecule has 1 aliphatic heterocycles. The maximum Gasteiger partial charge on any atom is 0.343 e. The number of nitrogens with zero attached hydrogens (tertiary/aromatic N) is 1. The van der Waals surface area contributed by atoms with Gasteiger partial charge in [-0.3, -0.25) is 4.79 Å². The molecule has 0 aromatic heterocycles. The summed E-state index contributed by atoms with van der Waals surface area (Å²) in [5.41, 5.74) is 0.0979. The summed E-state index contributed by atoms with van der Waals surface area (Å²) in [5, 5.41) is 0. The fraction of sp³-hybridized carbons (Fsp3) is 0.615. The lowest BCUT2D eigenvalue weighted by molar-refractivity contribution is -0.150. The van der Waals surface area contributed by atoms with Crippen LogP contribution in [-0.4, -0.2) is 51.5 Å². The van der Waals surface area contributed by atoms with Crippen molar-refractivity contribution in [3.05, 3.63) is 11.6 Å². The normalized spacial score (nSPS) is 21.6. The van der Waals surface area contributed by atoms with Crippen LogP contribution >= 0.6 is 0 Å². The Bertz CT molecular complexity index is 429. The third-order valence-electron chi connectivity index (χ3n) is 2.62.